The van der Waals surface area contributed by atoms with Gasteiger partial charge in [0.25, 0.3) is 0 Å². The van der Waals surface area contributed by atoms with E-state index in [2.05, 4.69) is 0 Å². The summed E-state index contributed by atoms with van der Waals surface area (Å²) in [7, 11) is 0. The molecule has 1 aromatic rings. The topological polar surface area (TPSA) is 52.6 Å². The highest BCUT2D eigenvalue weighted by molar-refractivity contribution is 5.69. The first-order valence-corrected chi connectivity index (χ1v) is 8.89. The van der Waals surface area contributed by atoms with Gasteiger partial charge in [0.1, 0.15) is 12.4 Å². The van der Waals surface area contributed by atoms with E-state index in [1.807, 2.05) is 0 Å². The van der Waals surface area contributed by atoms with E-state index in [4.69, 9.17) is 9.47 Å². The Kier molecular flexibility index (Phi) is 10.4. The first-order valence-electron chi connectivity index (χ1n) is 8.89. The molecule has 1 aromatic carbocycles. The van der Waals surface area contributed by atoms with Crippen molar-refractivity contribution < 1.29 is 32.2 Å². The molecule has 4 nitrogen and oxygen atoms in total. The highest BCUT2D eigenvalue weighted by Crippen LogP contribution is 2.17. The molecule has 0 N–H and O–H groups in total. The van der Waals surface area contributed by atoms with E-state index in [1.165, 1.54) is 0 Å². The van der Waals surface area contributed by atoms with Crippen LogP contribution in [0.15, 0.2) is 12.1 Å². The number of ether oxygens (including phenoxy) is 2. The molecule has 0 radical (unpaired) electrons. The van der Waals surface area contributed by atoms with Gasteiger partial charge in [-0.15, -0.1) is 0 Å². The van der Waals surface area contributed by atoms with E-state index < -0.39 is 35.6 Å². The SMILES string of the molecule is CCOC(=O)CCCCCCCCC(=O)OCc1c(F)ccc(F)c1F. The van der Waals surface area contributed by atoms with Gasteiger partial charge in [0.15, 0.2) is 11.6 Å². The van der Waals surface area contributed by atoms with E-state index in [9.17, 15) is 22.8 Å². The molecule has 0 aliphatic heterocycles. The molecule has 26 heavy (non-hydrogen) atoms. The van der Waals surface area contributed by atoms with Crippen molar-refractivity contribution in [3.8, 4) is 0 Å². The number of esters is 2. The Morgan fingerprint density at radius 2 is 1.31 bits per heavy atom. The molecule has 0 saturated heterocycles. The second-order valence-electron chi connectivity index (χ2n) is 5.91. The van der Waals surface area contributed by atoms with E-state index in [1.54, 1.807) is 6.92 Å². The highest BCUT2D eigenvalue weighted by atomic mass is 19.2. The quantitative estimate of drug-likeness (QED) is 0.299. The van der Waals surface area contributed by atoms with Crippen LogP contribution in [0.3, 0.4) is 0 Å². The fourth-order valence-corrected chi connectivity index (χ4v) is 2.41. The van der Waals surface area contributed by atoms with Crippen LogP contribution < -0.4 is 0 Å². The Balaban J connectivity index is 2.09. The van der Waals surface area contributed by atoms with Crippen LogP contribution in [0, 0.1) is 17.5 Å². The smallest absolute Gasteiger partial charge is 0.306 e. The van der Waals surface area contributed by atoms with Crippen molar-refractivity contribution in [2.75, 3.05) is 6.61 Å². The highest BCUT2D eigenvalue weighted by Gasteiger charge is 2.15. The van der Waals surface area contributed by atoms with Gasteiger partial charge in [0.2, 0.25) is 0 Å². The van der Waals surface area contributed by atoms with Crippen molar-refractivity contribution in [2.24, 2.45) is 0 Å². The molecule has 0 bridgehead atoms. The minimum absolute atomic E-state index is 0.140. The zero-order valence-electron chi connectivity index (χ0n) is 15.0. The van der Waals surface area contributed by atoms with E-state index in [-0.39, 0.29) is 12.4 Å². The molecule has 0 saturated carbocycles. The predicted octanol–water partition coefficient (Wildman–Crippen LogP) is 4.83. The van der Waals surface area contributed by atoms with Gasteiger partial charge in [0.05, 0.1) is 12.2 Å². The zero-order chi connectivity index (χ0) is 19.4. The molecule has 0 unspecified atom stereocenters. The lowest BCUT2D eigenvalue weighted by Gasteiger charge is -2.07. The van der Waals surface area contributed by atoms with Crippen molar-refractivity contribution in [3.05, 3.63) is 35.1 Å². The van der Waals surface area contributed by atoms with E-state index in [0.717, 1.165) is 38.2 Å². The number of halogens is 3. The van der Waals surface area contributed by atoms with Crippen LogP contribution in [0.5, 0.6) is 0 Å². The summed E-state index contributed by atoms with van der Waals surface area (Å²) in [5.41, 5.74) is -0.583. The number of benzene rings is 1. The molecular formula is C19H25F3O4. The number of rotatable bonds is 12. The lowest BCUT2D eigenvalue weighted by atomic mass is 10.1. The average Bonchev–Trinajstić information content (AvgIpc) is 2.60. The van der Waals surface area contributed by atoms with E-state index >= 15 is 0 Å². The van der Waals surface area contributed by atoms with Crippen LogP contribution in [0.1, 0.15) is 63.9 Å². The van der Waals surface area contributed by atoms with Crippen molar-refractivity contribution in [3.63, 3.8) is 0 Å². The van der Waals surface area contributed by atoms with Gasteiger partial charge < -0.3 is 9.47 Å². The molecule has 0 amide bonds. The summed E-state index contributed by atoms with van der Waals surface area (Å²) in [5.74, 6) is -4.21. The summed E-state index contributed by atoms with van der Waals surface area (Å²) in [6.07, 6.45) is 5.56. The minimum Gasteiger partial charge on any atom is -0.466 e. The average molecular weight is 374 g/mol. The second kappa shape index (κ2) is 12.3. The summed E-state index contributed by atoms with van der Waals surface area (Å²) in [4.78, 5) is 22.7. The first kappa shape index (κ1) is 22.0. The summed E-state index contributed by atoms with van der Waals surface area (Å²) in [5, 5.41) is 0. The lowest BCUT2D eigenvalue weighted by molar-refractivity contribution is -0.145. The minimum atomic E-state index is -1.33. The standard InChI is InChI=1S/C19H25F3O4/c1-2-25-17(23)9-7-5-3-4-6-8-10-18(24)26-13-14-15(20)11-12-16(21)19(14)22/h11-12H,2-10,13H2,1H3. The lowest BCUT2D eigenvalue weighted by Crippen LogP contribution is -2.08. The number of unbranched alkanes of at least 4 members (excludes halogenated alkanes) is 5. The third-order valence-corrected chi connectivity index (χ3v) is 3.83. The van der Waals surface area contributed by atoms with Crippen LogP contribution >= 0.6 is 0 Å². The fraction of sp³-hybridized carbons (Fsp3) is 0.579. The molecule has 0 fully saturated rings. The number of carbonyl (C=O) groups is 2. The molecule has 7 heteroatoms. The predicted molar refractivity (Wildman–Crippen MR) is 89.7 cm³/mol. The van der Waals surface area contributed by atoms with Crippen LogP contribution in [0.2, 0.25) is 0 Å². The Morgan fingerprint density at radius 1 is 0.808 bits per heavy atom. The van der Waals surface area contributed by atoms with Gasteiger partial charge >= 0.3 is 11.9 Å². The first-order chi connectivity index (χ1) is 12.5. The maximum atomic E-state index is 13.4. The molecule has 0 spiro atoms. The second-order valence-corrected chi connectivity index (χ2v) is 5.91. The molecule has 146 valence electrons. The van der Waals surface area contributed by atoms with Crippen molar-refractivity contribution >= 4 is 11.9 Å². The van der Waals surface area contributed by atoms with Gasteiger partial charge in [0, 0.05) is 12.8 Å². The molecular weight excluding hydrogens is 349 g/mol. The third-order valence-electron chi connectivity index (χ3n) is 3.83. The van der Waals surface area contributed by atoms with Gasteiger partial charge in [-0.2, -0.15) is 0 Å². The third kappa shape index (κ3) is 8.36. The summed E-state index contributed by atoms with van der Waals surface area (Å²) in [6, 6.07) is 1.48. The number of carbonyl (C=O) groups excluding carboxylic acids is 2. The molecule has 1 rings (SSSR count). The monoisotopic (exact) mass is 374 g/mol. The van der Waals surface area contributed by atoms with Crippen molar-refractivity contribution in [1.29, 1.82) is 0 Å². The van der Waals surface area contributed by atoms with Crippen LogP contribution in [-0.4, -0.2) is 18.5 Å². The maximum Gasteiger partial charge on any atom is 0.306 e. The molecule has 0 aliphatic carbocycles. The van der Waals surface area contributed by atoms with Crippen molar-refractivity contribution in [2.45, 2.75) is 64.9 Å². The fourth-order valence-electron chi connectivity index (χ4n) is 2.41. The normalized spacial score (nSPS) is 10.6. The Bertz CT molecular complexity index is 590. The number of hydrogen-bond acceptors (Lipinski definition) is 4. The largest absolute Gasteiger partial charge is 0.466 e. The Morgan fingerprint density at radius 3 is 1.88 bits per heavy atom. The van der Waals surface area contributed by atoms with Gasteiger partial charge in [-0.1, -0.05) is 25.7 Å². The molecule has 0 aromatic heterocycles. The molecule has 0 heterocycles. The van der Waals surface area contributed by atoms with Crippen molar-refractivity contribution in [1.82, 2.24) is 0 Å². The molecule has 0 atom stereocenters. The van der Waals surface area contributed by atoms with Gasteiger partial charge in [-0.3, -0.25) is 9.59 Å². The Labute approximate surface area is 151 Å². The van der Waals surface area contributed by atoms with Crippen LogP contribution in [-0.2, 0) is 25.7 Å². The van der Waals surface area contributed by atoms with Gasteiger partial charge in [-0.25, -0.2) is 13.2 Å². The van der Waals surface area contributed by atoms with Gasteiger partial charge in [-0.05, 0) is 31.9 Å². The summed E-state index contributed by atoms with van der Waals surface area (Å²) in [6.45, 7) is 1.55. The van der Waals surface area contributed by atoms with Crippen LogP contribution in [0.4, 0.5) is 13.2 Å². The summed E-state index contributed by atoms with van der Waals surface area (Å²) >= 11 is 0. The molecule has 0 aliphatic rings. The number of hydrogen-bond donors (Lipinski definition) is 0. The Hall–Kier alpha value is -2.05. The maximum absolute atomic E-state index is 13.4. The zero-order valence-corrected chi connectivity index (χ0v) is 15.0. The summed E-state index contributed by atoms with van der Waals surface area (Å²) < 4.78 is 49.5. The van der Waals surface area contributed by atoms with E-state index in [0.29, 0.717) is 25.5 Å². The van der Waals surface area contributed by atoms with Crippen LogP contribution in [0.25, 0.3) is 0 Å².